The van der Waals surface area contributed by atoms with E-state index in [1.807, 2.05) is 72.8 Å². The summed E-state index contributed by atoms with van der Waals surface area (Å²) in [5, 5.41) is 4.27. The Labute approximate surface area is 287 Å². The van der Waals surface area contributed by atoms with Crippen molar-refractivity contribution in [3.8, 4) is 56.4 Å². The van der Waals surface area contributed by atoms with E-state index in [1.54, 1.807) is 0 Å². The van der Waals surface area contributed by atoms with Gasteiger partial charge in [-0.3, -0.25) is 0 Å². The lowest BCUT2D eigenvalue weighted by molar-refractivity contribution is 0.656. The number of fused-ring (bicyclic) bond motifs is 6. The summed E-state index contributed by atoms with van der Waals surface area (Å²) in [6.45, 7) is 0. The molecule has 0 saturated heterocycles. The first-order chi connectivity index (χ1) is 24.7. The summed E-state index contributed by atoms with van der Waals surface area (Å²) < 4.78 is 12.6. The predicted molar refractivity (Wildman–Crippen MR) is 202 cm³/mol. The molecule has 234 valence electrons. The number of furan rings is 2. The maximum atomic E-state index is 6.41. The Morgan fingerprint density at radius 3 is 1.60 bits per heavy atom. The van der Waals surface area contributed by atoms with Crippen molar-refractivity contribution in [2.75, 3.05) is 0 Å². The van der Waals surface area contributed by atoms with Gasteiger partial charge in [-0.1, -0.05) is 133 Å². The molecular weight excluding hydrogens is 615 g/mol. The van der Waals surface area contributed by atoms with E-state index in [9.17, 15) is 0 Å². The van der Waals surface area contributed by atoms with E-state index < -0.39 is 0 Å². The lowest BCUT2D eigenvalue weighted by atomic mass is 9.97. The molecule has 0 aliphatic carbocycles. The van der Waals surface area contributed by atoms with E-state index in [1.165, 1.54) is 5.56 Å². The zero-order chi connectivity index (χ0) is 33.0. The van der Waals surface area contributed by atoms with Gasteiger partial charge >= 0.3 is 0 Å². The smallest absolute Gasteiger partial charge is 0.164 e. The van der Waals surface area contributed by atoms with Crippen molar-refractivity contribution < 1.29 is 8.83 Å². The molecule has 10 aromatic rings. The van der Waals surface area contributed by atoms with Gasteiger partial charge in [0.2, 0.25) is 0 Å². The van der Waals surface area contributed by atoms with Crippen LogP contribution in [-0.4, -0.2) is 15.0 Å². The van der Waals surface area contributed by atoms with Crippen LogP contribution in [0.3, 0.4) is 0 Å². The molecule has 0 atom stereocenters. The van der Waals surface area contributed by atoms with E-state index in [2.05, 4.69) is 91.0 Å². The Bertz CT molecular complexity index is 2850. The van der Waals surface area contributed by atoms with Gasteiger partial charge in [-0.25, -0.2) is 15.0 Å². The Morgan fingerprint density at radius 2 is 0.820 bits per heavy atom. The van der Waals surface area contributed by atoms with Crippen LogP contribution in [0, 0.1) is 0 Å². The minimum absolute atomic E-state index is 0.610. The molecule has 0 radical (unpaired) electrons. The highest BCUT2D eigenvalue weighted by atomic mass is 16.3. The largest absolute Gasteiger partial charge is 0.456 e. The van der Waals surface area contributed by atoms with Gasteiger partial charge in [-0.2, -0.15) is 0 Å². The van der Waals surface area contributed by atoms with Gasteiger partial charge in [0.05, 0.1) is 0 Å². The third-order valence-corrected chi connectivity index (χ3v) is 9.34. The van der Waals surface area contributed by atoms with E-state index in [0.717, 1.165) is 77.3 Å². The van der Waals surface area contributed by atoms with Crippen molar-refractivity contribution in [3.63, 3.8) is 0 Å². The van der Waals surface area contributed by atoms with Crippen LogP contribution in [0.15, 0.2) is 173 Å². The number of benzene rings is 7. The molecule has 0 N–H and O–H groups in total. The molecule has 5 nitrogen and oxygen atoms in total. The second kappa shape index (κ2) is 11.4. The van der Waals surface area contributed by atoms with E-state index in [0.29, 0.717) is 17.5 Å². The summed E-state index contributed by atoms with van der Waals surface area (Å²) in [7, 11) is 0. The molecule has 0 saturated carbocycles. The second-order valence-corrected chi connectivity index (χ2v) is 12.4. The molecule has 5 heteroatoms. The third kappa shape index (κ3) is 4.75. The van der Waals surface area contributed by atoms with Crippen molar-refractivity contribution in [1.82, 2.24) is 15.0 Å². The fourth-order valence-corrected chi connectivity index (χ4v) is 6.90. The normalized spacial score (nSPS) is 11.6. The van der Waals surface area contributed by atoms with Crippen LogP contribution in [0.2, 0.25) is 0 Å². The Morgan fingerprint density at radius 1 is 0.300 bits per heavy atom. The lowest BCUT2D eigenvalue weighted by Crippen LogP contribution is -2.00. The molecule has 10 rings (SSSR count). The monoisotopic (exact) mass is 641 g/mol. The number of rotatable bonds is 5. The fraction of sp³-hybridized carbons (Fsp3) is 0. The minimum atomic E-state index is 0.610. The molecule has 0 spiro atoms. The average molecular weight is 642 g/mol. The van der Waals surface area contributed by atoms with Gasteiger partial charge in [0.25, 0.3) is 0 Å². The van der Waals surface area contributed by atoms with Crippen LogP contribution >= 0.6 is 0 Å². The first kappa shape index (κ1) is 28.2. The van der Waals surface area contributed by atoms with Crippen LogP contribution in [0.5, 0.6) is 0 Å². The summed E-state index contributed by atoms with van der Waals surface area (Å²) >= 11 is 0. The predicted octanol–water partition coefficient (Wildman–Crippen LogP) is 12.0. The molecule has 50 heavy (non-hydrogen) atoms. The average Bonchev–Trinajstić information content (AvgIpc) is 3.75. The topological polar surface area (TPSA) is 65.0 Å². The zero-order valence-corrected chi connectivity index (χ0v) is 26.7. The highest BCUT2D eigenvalue weighted by Crippen LogP contribution is 2.41. The Balaban J connectivity index is 1.11. The Hall–Kier alpha value is -6.85. The molecular formula is C45H27N3O2. The number of hydrogen-bond acceptors (Lipinski definition) is 5. The van der Waals surface area contributed by atoms with Crippen LogP contribution in [0.4, 0.5) is 0 Å². The van der Waals surface area contributed by atoms with Gasteiger partial charge in [-0.05, 0) is 46.5 Å². The first-order valence-electron chi connectivity index (χ1n) is 16.6. The summed E-state index contributed by atoms with van der Waals surface area (Å²) in [6.07, 6.45) is 0. The summed E-state index contributed by atoms with van der Waals surface area (Å²) in [4.78, 5) is 15.0. The number of nitrogens with zero attached hydrogens (tertiary/aromatic N) is 3. The molecule has 3 heterocycles. The van der Waals surface area contributed by atoms with Crippen molar-refractivity contribution in [1.29, 1.82) is 0 Å². The summed E-state index contributed by atoms with van der Waals surface area (Å²) in [6, 6.07) is 55.8. The molecule has 0 amide bonds. The second-order valence-electron chi connectivity index (χ2n) is 12.4. The van der Waals surface area contributed by atoms with Crippen molar-refractivity contribution in [3.05, 3.63) is 164 Å². The minimum Gasteiger partial charge on any atom is -0.456 e. The SMILES string of the molecule is c1ccc(-c2ccc(-c3nc(-c4ccccc4)nc(-c4cccc(-c5cccc6oc7cc8oc9ccccc9c8cc7c56)c4)n3)cc2)cc1. The van der Waals surface area contributed by atoms with Crippen LogP contribution < -0.4 is 0 Å². The standard InChI is InChI=1S/C45H27N3O2/c1-3-11-28(12-4-1)29-21-23-31(24-22-29)44-46-43(30-13-5-2-6-14-30)47-45(48-44)33-16-9-15-32(25-33)34-18-10-20-39-42(34)37-26-36-35-17-7-8-19-38(35)49-40(36)27-41(37)50-39/h1-27H. The molecule has 7 aromatic carbocycles. The number of aromatic nitrogens is 3. The highest BCUT2D eigenvalue weighted by Gasteiger charge is 2.18. The maximum absolute atomic E-state index is 6.41. The number of hydrogen-bond donors (Lipinski definition) is 0. The van der Waals surface area contributed by atoms with Gasteiger partial charge in [0, 0.05) is 44.3 Å². The van der Waals surface area contributed by atoms with Crippen LogP contribution in [0.25, 0.3) is 100 Å². The lowest BCUT2D eigenvalue weighted by Gasteiger charge is -2.10. The molecule has 3 aromatic heterocycles. The van der Waals surface area contributed by atoms with Gasteiger partial charge in [0.1, 0.15) is 22.3 Å². The highest BCUT2D eigenvalue weighted by molar-refractivity contribution is 6.18. The fourth-order valence-electron chi connectivity index (χ4n) is 6.90. The molecule has 0 unspecified atom stereocenters. The zero-order valence-electron chi connectivity index (χ0n) is 26.7. The number of para-hydroxylation sites is 1. The quantitative estimate of drug-likeness (QED) is 0.187. The molecule has 0 fully saturated rings. The summed E-state index contributed by atoms with van der Waals surface area (Å²) in [5.41, 5.74) is 10.5. The van der Waals surface area contributed by atoms with Crippen LogP contribution in [0.1, 0.15) is 0 Å². The third-order valence-electron chi connectivity index (χ3n) is 9.34. The van der Waals surface area contributed by atoms with Crippen molar-refractivity contribution in [2.24, 2.45) is 0 Å². The first-order valence-corrected chi connectivity index (χ1v) is 16.6. The van der Waals surface area contributed by atoms with Crippen molar-refractivity contribution in [2.45, 2.75) is 0 Å². The van der Waals surface area contributed by atoms with Gasteiger partial charge in [0.15, 0.2) is 17.5 Å². The van der Waals surface area contributed by atoms with E-state index in [-0.39, 0.29) is 0 Å². The molecule has 0 aliphatic rings. The van der Waals surface area contributed by atoms with Gasteiger partial charge in [-0.15, -0.1) is 0 Å². The van der Waals surface area contributed by atoms with E-state index >= 15 is 0 Å². The van der Waals surface area contributed by atoms with Crippen molar-refractivity contribution >= 4 is 43.9 Å². The maximum Gasteiger partial charge on any atom is 0.164 e. The molecule has 0 bridgehead atoms. The Kier molecular flexibility index (Phi) is 6.42. The van der Waals surface area contributed by atoms with E-state index in [4.69, 9.17) is 23.8 Å². The van der Waals surface area contributed by atoms with Crippen LogP contribution in [-0.2, 0) is 0 Å². The molecule has 0 aliphatic heterocycles. The summed E-state index contributed by atoms with van der Waals surface area (Å²) in [5.74, 6) is 1.86. The van der Waals surface area contributed by atoms with Gasteiger partial charge < -0.3 is 8.83 Å².